The van der Waals surface area contributed by atoms with Gasteiger partial charge < -0.3 is 18.4 Å². The van der Waals surface area contributed by atoms with Crippen molar-refractivity contribution in [3.8, 4) is 67.8 Å². The molecular formula is C68H51N5OPt-2. The Morgan fingerprint density at radius 2 is 0.987 bits per heavy atom. The molecule has 0 radical (unpaired) electrons. The summed E-state index contributed by atoms with van der Waals surface area (Å²) in [4.78, 5) is 4.90. The molecule has 1 aliphatic heterocycles. The van der Waals surface area contributed by atoms with Crippen molar-refractivity contribution in [2.75, 3.05) is 0 Å². The van der Waals surface area contributed by atoms with Gasteiger partial charge in [0.1, 0.15) is 5.82 Å². The number of para-hydroxylation sites is 4. The van der Waals surface area contributed by atoms with Gasteiger partial charge in [0.05, 0.1) is 33.4 Å². The van der Waals surface area contributed by atoms with Gasteiger partial charge in [-0.25, -0.2) is 4.98 Å². The van der Waals surface area contributed by atoms with Crippen molar-refractivity contribution < 1.29 is 30.4 Å². The Morgan fingerprint density at radius 1 is 0.453 bits per heavy atom. The predicted octanol–water partition coefficient (Wildman–Crippen LogP) is 16.6. The Labute approximate surface area is 451 Å². The van der Waals surface area contributed by atoms with Crippen LogP contribution < -0.4 is 9.30 Å². The van der Waals surface area contributed by atoms with Crippen LogP contribution in [0.4, 0.5) is 0 Å². The molecule has 0 aliphatic carbocycles. The molecule has 75 heavy (non-hydrogen) atoms. The van der Waals surface area contributed by atoms with E-state index in [2.05, 4.69) is 254 Å². The number of pyridine rings is 1. The minimum absolute atomic E-state index is 0. The minimum Gasteiger partial charge on any atom is -0.510 e. The first-order chi connectivity index (χ1) is 36.0. The summed E-state index contributed by atoms with van der Waals surface area (Å²) in [7, 11) is 0. The van der Waals surface area contributed by atoms with Crippen LogP contribution in [0.5, 0.6) is 11.5 Å². The first-order valence-corrected chi connectivity index (χ1v) is 25.5. The average Bonchev–Trinajstić information content (AvgIpc) is 4.09. The number of fused-ring (bicyclic) bond motifs is 13. The number of ether oxygens (including phenoxy) is 1. The third-order valence-electron chi connectivity index (χ3n) is 15.0. The third kappa shape index (κ3) is 7.41. The van der Waals surface area contributed by atoms with Gasteiger partial charge in [0.25, 0.3) is 6.33 Å². The molecule has 1 aliphatic rings. The molecule has 0 amide bonds. The van der Waals surface area contributed by atoms with Crippen LogP contribution in [0.2, 0.25) is 0 Å². The molecule has 9 aromatic carbocycles. The monoisotopic (exact) mass is 1150 g/mol. The van der Waals surface area contributed by atoms with E-state index in [-0.39, 0.29) is 31.9 Å². The minimum atomic E-state index is -0.177. The van der Waals surface area contributed by atoms with Gasteiger partial charge in [-0.05, 0) is 103 Å². The Hall–Kier alpha value is -8.31. The molecule has 7 heteroatoms. The summed E-state index contributed by atoms with van der Waals surface area (Å²) >= 11 is 0. The van der Waals surface area contributed by atoms with E-state index >= 15 is 0 Å². The quantitative estimate of drug-likeness (QED) is 0.127. The van der Waals surface area contributed by atoms with Crippen molar-refractivity contribution in [3.05, 3.63) is 230 Å². The van der Waals surface area contributed by atoms with Crippen molar-refractivity contribution in [1.29, 1.82) is 0 Å². The molecule has 366 valence electrons. The Morgan fingerprint density at radius 3 is 1.64 bits per heavy atom. The number of rotatable bonds is 5. The number of hydrogen-bond acceptors (Lipinski definition) is 2. The van der Waals surface area contributed by atoms with E-state index in [1.807, 2.05) is 24.4 Å². The van der Waals surface area contributed by atoms with Gasteiger partial charge in [-0.2, -0.15) is 18.2 Å². The first-order valence-electron chi connectivity index (χ1n) is 25.5. The van der Waals surface area contributed by atoms with E-state index in [0.29, 0.717) is 11.5 Å². The molecule has 4 aromatic heterocycles. The molecule has 0 unspecified atom stereocenters. The van der Waals surface area contributed by atoms with Crippen molar-refractivity contribution >= 4 is 54.6 Å². The smallest absolute Gasteiger partial charge is 0.268 e. The summed E-state index contributed by atoms with van der Waals surface area (Å²) < 4.78 is 16.0. The molecule has 13 aromatic rings. The van der Waals surface area contributed by atoms with Gasteiger partial charge >= 0.3 is 0 Å². The molecule has 6 nitrogen and oxygen atoms in total. The standard InChI is InChI=1S/C68H51N5O.Pt/c1-67(2,3)43-35-36-69-64(39-43)73-60-31-16-13-27-54(60)55-34-33-47(41-62(55)73)74-46-20-17-19-45(40-46)70-42-71-65-56(28-18-32-61(65)70)50-23-9-7-21-48(50)49-22-8-10-24-51(49)57-37-44(68(4,5)6)38-63(66(57)71)72-58-29-14-11-25-52(58)53-26-12-15-30-59(53)72;/h7-39H,1-6H3;/q-2;. The summed E-state index contributed by atoms with van der Waals surface area (Å²) in [5, 5.41) is 4.63. The van der Waals surface area contributed by atoms with Crippen molar-refractivity contribution in [1.82, 2.24) is 18.7 Å². The molecule has 14 rings (SSSR count). The van der Waals surface area contributed by atoms with E-state index in [1.165, 1.54) is 33.0 Å². The van der Waals surface area contributed by atoms with Gasteiger partial charge in [0.15, 0.2) is 0 Å². The predicted molar refractivity (Wildman–Crippen MR) is 302 cm³/mol. The van der Waals surface area contributed by atoms with Gasteiger partial charge in [-0.1, -0.05) is 174 Å². The second-order valence-corrected chi connectivity index (χ2v) is 21.6. The Kier molecular flexibility index (Phi) is 10.8. The average molecular weight is 1150 g/mol. The zero-order chi connectivity index (χ0) is 50.0. The molecule has 0 fully saturated rings. The Balaban J connectivity index is 0.00000541. The number of hydrogen-bond donors (Lipinski definition) is 0. The first kappa shape index (κ1) is 46.5. The fourth-order valence-electron chi connectivity index (χ4n) is 11.4. The Bertz CT molecular complexity index is 4390. The van der Waals surface area contributed by atoms with Gasteiger partial charge in [0, 0.05) is 55.1 Å². The number of aromatic nitrogens is 5. The number of imidazole rings is 1. The van der Waals surface area contributed by atoms with Gasteiger partial charge in [-0.15, -0.1) is 29.7 Å². The van der Waals surface area contributed by atoms with Crippen molar-refractivity contribution in [2.45, 2.75) is 52.4 Å². The normalized spacial score (nSPS) is 12.3. The second-order valence-electron chi connectivity index (χ2n) is 21.6. The van der Waals surface area contributed by atoms with Crippen LogP contribution >= 0.6 is 0 Å². The topological polar surface area (TPSA) is 40.8 Å². The molecule has 0 N–H and O–H groups in total. The molecule has 0 spiro atoms. The van der Waals surface area contributed by atoms with E-state index in [9.17, 15) is 0 Å². The van der Waals surface area contributed by atoms with Gasteiger partial charge in [-0.3, -0.25) is 4.57 Å². The van der Waals surface area contributed by atoms with Crippen LogP contribution in [0.3, 0.4) is 0 Å². The number of benzene rings is 9. The van der Waals surface area contributed by atoms with Crippen molar-refractivity contribution in [3.63, 3.8) is 0 Å². The fraction of sp³-hybridized carbons (Fsp3) is 0.118. The van der Waals surface area contributed by atoms with Crippen molar-refractivity contribution in [2.24, 2.45) is 0 Å². The number of nitrogens with zero attached hydrogens (tertiary/aromatic N) is 5. The summed E-state index contributed by atoms with van der Waals surface area (Å²) in [6.07, 6.45) is 5.91. The maximum Gasteiger partial charge on any atom is 0.268 e. The largest absolute Gasteiger partial charge is 0.510 e. The maximum atomic E-state index is 6.81. The molecule has 5 heterocycles. The molecule has 0 saturated carbocycles. The van der Waals surface area contributed by atoms with Gasteiger partial charge in [0.2, 0.25) is 0 Å². The molecule has 0 saturated heterocycles. The second kappa shape index (κ2) is 17.4. The molecule has 0 atom stereocenters. The summed E-state index contributed by atoms with van der Waals surface area (Å²) in [5.41, 5.74) is 18.3. The third-order valence-corrected chi connectivity index (χ3v) is 15.0. The van der Waals surface area contributed by atoms with E-state index in [1.54, 1.807) is 0 Å². The summed E-state index contributed by atoms with van der Waals surface area (Å²) in [6.45, 7) is 13.6. The fourth-order valence-corrected chi connectivity index (χ4v) is 11.4. The van der Waals surface area contributed by atoms with E-state index in [4.69, 9.17) is 9.72 Å². The summed E-state index contributed by atoms with van der Waals surface area (Å²) in [6, 6.07) is 77.2. The van der Waals surface area contributed by atoms with E-state index in [0.717, 1.165) is 89.0 Å². The van der Waals surface area contributed by atoms with E-state index < -0.39 is 0 Å². The van der Waals surface area contributed by atoms with Crippen LogP contribution in [-0.4, -0.2) is 18.7 Å². The van der Waals surface area contributed by atoms with Crippen LogP contribution in [-0.2, 0) is 31.9 Å². The SMILES string of the molecule is CC(C)(C)c1ccnc(-n2c3[c-]c(Oc4[c-]c(-n5[c-][n+]6c7c(cccc75)-c5ccccc5-c5ccccc5-c5cc(C(C)(C)C)cc(-n7c8ccccc8c8ccccc87)c5-6)ccc4)ccc3c3ccccc32)c1.[Pt]. The van der Waals surface area contributed by atoms with Crippen LogP contribution in [0.1, 0.15) is 52.7 Å². The zero-order valence-corrected chi connectivity index (χ0v) is 44.8. The maximum absolute atomic E-state index is 6.81. The van der Waals surface area contributed by atoms with Crippen LogP contribution in [0.15, 0.2) is 200 Å². The molecule has 0 bridgehead atoms. The summed E-state index contributed by atoms with van der Waals surface area (Å²) in [5.74, 6) is 1.99. The molecular weight excluding hydrogens is 1100 g/mol. The van der Waals surface area contributed by atoms with Crippen LogP contribution in [0, 0.1) is 18.5 Å². The van der Waals surface area contributed by atoms with Crippen LogP contribution in [0.25, 0.3) is 111 Å². The zero-order valence-electron chi connectivity index (χ0n) is 42.5.